The Kier molecular flexibility index (Phi) is 7.06. The number of fused-ring (bicyclic) bond motifs is 2. The zero-order chi connectivity index (χ0) is 25.1. The maximum atomic E-state index is 12.3. The average molecular weight is 479 g/mol. The minimum atomic E-state index is -0.289. The second kappa shape index (κ2) is 10.5. The van der Waals surface area contributed by atoms with Crippen molar-refractivity contribution in [1.29, 1.82) is 0 Å². The molecule has 1 heterocycles. The van der Waals surface area contributed by atoms with E-state index >= 15 is 0 Å². The number of para-hydroxylation sites is 1. The van der Waals surface area contributed by atoms with Gasteiger partial charge in [-0.05, 0) is 84.8 Å². The molecule has 2 atom stereocenters. The first-order valence-electron chi connectivity index (χ1n) is 12.8. The largest absolute Gasteiger partial charge is 0.465 e. The summed E-state index contributed by atoms with van der Waals surface area (Å²) >= 11 is 0. The highest BCUT2D eigenvalue weighted by Gasteiger charge is 2.26. The van der Waals surface area contributed by atoms with Crippen LogP contribution < -0.4 is 10.2 Å². The van der Waals surface area contributed by atoms with Gasteiger partial charge in [0, 0.05) is 24.0 Å². The van der Waals surface area contributed by atoms with E-state index in [2.05, 4.69) is 89.9 Å². The van der Waals surface area contributed by atoms with Gasteiger partial charge in [0.1, 0.15) is 0 Å². The first-order valence-corrected chi connectivity index (χ1v) is 12.8. The number of aryl methyl sites for hydroxylation is 1. The summed E-state index contributed by atoms with van der Waals surface area (Å²) in [7, 11) is 1.44. The van der Waals surface area contributed by atoms with Crippen molar-refractivity contribution in [2.75, 3.05) is 25.1 Å². The number of anilines is 2. The third-order valence-electron chi connectivity index (χ3n) is 7.46. The van der Waals surface area contributed by atoms with E-state index in [4.69, 9.17) is 4.74 Å². The van der Waals surface area contributed by atoms with E-state index in [1.54, 1.807) is 0 Å². The third kappa shape index (κ3) is 4.87. The minimum absolute atomic E-state index is 0.280. The smallest absolute Gasteiger partial charge is 0.338 e. The van der Waals surface area contributed by atoms with Crippen molar-refractivity contribution in [2.45, 2.75) is 32.7 Å². The Morgan fingerprint density at radius 3 is 2.67 bits per heavy atom. The summed E-state index contributed by atoms with van der Waals surface area (Å²) in [6, 6.07) is 30.2. The second-order valence-electron chi connectivity index (χ2n) is 9.83. The highest BCUT2D eigenvalue weighted by Crippen LogP contribution is 2.37. The number of carbonyl (C=O) groups excluding carboxylic acids is 1. The molecule has 0 amide bonds. The molecule has 0 aliphatic carbocycles. The molecule has 0 fully saturated rings. The Morgan fingerprint density at radius 1 is 1.03 bits per heavy atom. The van der Waals surface area contributed by atoms with Crippen LogP contribution in [-0.4, -0.2) is 26.2 Å². The number of hydrogen-bond acceptors (Lipinski definition) is 4. The number of esters is 1. The van der Waals surface area contributed by atoms with Gasteiger partial charge < -0.3 is 15.0 Å². The van der Waals surface area contributed by atoms with Gasteiger partial charge in [-0.1, -0.05) is 66.7 Å². The van der Waals surface area contributed by atoms with Crippen LogP contribution >= 0.6 is 0 Å². The SMILES string of the molecule is COC(=O)c1cc(N2CC(CCNC(C)c3cccc4ccccc34)Cc3ccccc32)ccc1C. The summed E-state index contributed by atoms with van der Waals surface area (Å²) < 4.78 is 5.02. The van der Waals surface area contributed by atoms with Gasteiger partial charge >= 0.3 is 5.97 Å². The first-order chi connectivity index (χ1) is 17.5. The van der Waals surface area contributed by atoms with Gasteiger partial charge in [0.05, 0.1) is 12.7 Å². The highest BCUT2D eigenvalue weighted by atomic mass is 16.5. The molecule has 0 radical (unpaired) electrons. The van der Waals surface area contributed by atoms with Gasteiger partial charge in [-0.2, -0.15) is 0 Å². The van der Waals surface area contributed by atoms with Crippen LogP contribution in [0, 0.1) is 12.8 Å². The summed E-state index contributed by atoms with van der Waals surface area (Å²) in [5.41, 5.74) is 6.52. The zero-order valence-corrected chi connectivity index (χ0v) is 21.3. The van der Waals surface area contributed by atoms with E-state index in [9.17, 15) is 4.79 Å². The summed E-state index contributed by atoms with van der Waals surface area (Å²) in [6.07, 6.45) is 2.14. The van der Waals surface area contributed by atoms with Crippen molar-refractivity contribution in [2.24, 2.45) is 5.92 Å². The quantitative estimate of drug-likeness (QED) is 0.291. The number of benzene rings is 4. The van der Waals surface area contributed by atoms with Crippen LogP contribution in [-0.2, 0) is 11.2 Å². The lowest BCUT2D eigenvalue weighted by atomic mass is 9.89. The predicted octanol–water partition coefficient (Wildman–Crippen LogP) is 6.99. The second-order valence-corrected chi connectivity index (χ2v) is 9.83. The highest BCUT2D eigenvalue weighted by molar-refractivity contribution is 5.92. The molecule has 4 heteroatoms. The van der Waals surface area contributed by atoms with Gasteiger partial charge in [-0.15, -0.1) is 0 Å². The van der Waals surface area contributed by atoms with Crippen LogP contribution in [0.4, 0.5) is 11.4 Å². The molecule has 1 aliphatic heterocycles. The molecule has 0 spiro atoms. The molecule has 2 unspecified atom stereocenters. The minimum Gasteiger partial charge on any atom is -0.465 e. The molecule has 1 aliphatic rings. The van der Waals surface area contributed by atoms with Crippen LogP contribution in [0.15, 0.2) is 84.9 Å². The Labute approximate surface area is 213 Å². The van der Waals surface area contributed by atoms with Crippen molar-refractivity contribution < 1.29 is 9.53 Å². The molecule has 36 heavy (non-hydrogen) atoms. The lowest BCUT2D eigenvalue weighted by molar-refractivity contribution is 0.0600. The summed E-state index contributed by atoms with van der Waals surface area (Å²) in [5, 5.41) is 6.38. The van der Waals surface area contributed by atoms with Crippen LogP contribution in [0.1, 0.15) is 46.4 Å². The fourth-order valence-corrected chi connectivity index (χ4v) is 5.47. The van der Waals surface area contributed by atoms with Gasteiger partial charge in [0.2, 0.25) is 0 Å². The monoisotopic (exact) mass is 478 g/mol. The van der Waals surface area contributed by atoms with Gasteiger partial charge in [0.25, 0.3) is 0 Å². The fraction of sp³-hybridized carbons (Fsp3) is 0.281. The Bertz CT molecular complexity index is 1370. The van der Waals surface area contributed by atoms with Crippen LogP contribution in [0.5, 0.6) is 0 Å². The van der Waals surface area contributed by atoms with E-state index in [1.165, 1.54) is 34.7 Å². The molecular weight excluding hydrogens is 444 g/mol. The van der Waals surface area contributed by atoms with Crippen molar-refractivity contribution in [3.8, 4) is 0 Å². The standard InChI is InChI=1S/C32H34N2O2/c1-22-15-16-27(20-30(22)32(35)36-3)34-21-24(19-26-10-5-7-14-31(26)34)17-18-33-23(2)28-13-8-11-25-9-4-6-12-29(25)28/h4-16,20,23-24,33H,17-19,21H2,1-3H3. The van der Waals surface area contributed by atoms with Crippen LogP contribution in [0.3, 0.4) is 0 Å². The van der Waals surface area contributed by atoms with E-state index in [1.807, 2.05) is 19.1 Å². The van der Waals surface area contributed by atoms with Crippen molar-refractivity contribution in [1.82, 2.24) is 5.32 Å². The summed E-state index contributed by atoms with van der Waals surface area (Å²) in [4.78, 5) is 14.7. The van der Waals surface area contributed by atoms with Gasteiger partial charge in [-0.25, -0.2) is 4.79 Å². The number of nitrogens with zero attached hydrogens (tertiary/aromatic N) is 1. The number of methoxy groups -OCH3 is 1. The maximum absolute atomic E-state index is 12.3. The van der Waals surface area contributed by atoms with Crippen molar-refractivity contribution in [3.05, 3.63) is 107 Å². The summed E-state index contributed by atoms with van der Waals surface area (Å²) in [5.74, 6) is 0.220. The lowest BCUT2D eigenvalue weighted by Gasteiger charge is -2.36. The van der Waals surface area contributed by atoms with Crippen LogP contribution in [0.25, 0.3) is 10.8 Å². The van der Waals surface area contributed by atoms with Crippen LogP contribution in [0.2, 0.25) is 0 Å². The molecule has 4 nitrogen and oxygen atoms in total. The molecule has 1 N–H and O–H groups in total. The Hall–Kier alpha value is -3.63. The van der Waals surface area contributed by atoms with E-state index in [-0.39, 0.29) is 12.0 Å². The zero-order valence-electron chi connectivity index (χ0n) is 21.3. The average Bonchev–Trinajstić information content (AvgIpc) is 2.92. The molecule has 4 aromatic rings. The molecular formula is C32H34N2O2. The third-order valence-corrected chi connectivity index (χ3v) is 7.46. The van der Waals surface area contributed by atoms with Crippen molar-refractivity contribution in [3.63, 3.8) is 0 Å². The first kappa shape index (κ1) is 24.1. The van der Waals surface area contributed by atoms with Gasteiger partial charge in [-0.3, -0.25) is 0 Å². The number of nitrogens with one attached hydrogen (secondary N) is 1. The summed E-state index contributed by atoms with van der Waals surface area (Å²) in [6.45, 7) is 6.08. The molecule has 0 aromatic heterocycles. The topological polar surface area (TPSA) is 41.6 Å². The van der Waals surface area contributed by atoms with E-state index < -0.39 is 0 Å². The fourth-order valence-electron chi connectivity index (χ4n) is 5.47. The van der Waals surface area contributed by atoms with E-state index in [0.29, 0.717) is 11.5 Å². The maximum Gasteiger partial charge on any atom is 0.338 e. The molecule has 4 aromatic carbocycles. The Morgan fingerprint density at radius 2 is 1.81 bits per heavy atom. The predicted molar refractivity (Wildman–Crippen MR) is 148 cm³/mol. The Balaban J connectivity index is 1.32. The van der Waals surface area contributed by atoms with Crippen molar-refractivity contribution >= 4 is 28.1 Å². The molecule has 5 rings (SSSR count). The number of rotatable bonds is 7. The normalized spacial score (nSPS) is 16.0. The molecule has 0 saturated carbocycles. The van der Waals surface area contributed by atoms with E-state index in [0.717, 1.165) is 37.2 Å². The lowest BCUT2D eigenvalue weighted by Crippen LogP contribution is -2.34. The van der Waals surface area contributed by atoms with Gasteiger partial charge in [0.15, 0.2) is 0 Å². The number of ether oxygens (including phenoxy) is 1. The number of hydrogen-bond donors (Lipinski definition) is 1. The molecule has 184 valence electrons. The molecule has 0 bridgehead atoms. The molecule has 0 saturated heterocycles. The number of carbonyl (C=O) groups is 1.